The highest BCUT2D eigenvalue weighted by Crippen LogP contribution is 2.32. The van der Waals surface area contributed by atoms with Gasteiger partial charge in [0.2, 0.25) is 5.69 Å². The number of nitrogens with zero attached hydrogens (tertiary/aromatic N) is 2. The third-order valence-corrected chi connectivity index (χ3v) is 5.01. The van der Waals surface area contributed by atoms with Crippen molar-refractivity contribution in [3.8, 4) is 28.1 Å². The van der Waals surface area contributed by atoms with Crippen LogP contribution in [-0.4, -0.2) is 4.68 Å². The molecule has 3 aromatic carbocycles. The second-order valence-corrected chi connectivity index (χ2v) is 7.12. The Labute approximate surface area is 162 Å². The van der Waals surface area contributed by atoms with E-state index in [1.165, 1.54) is 27.9 Å². The van der Waals surface area contributed by atoms with E-state index >= 15 is 0 Å². The molecule has 0 unspecified atom stereocenters. The lowest BCUT2D eigenvalue weighted by Crippen LogP contribution is -2.39. The molecule has 0 saturated carbocycles. The van der Waals surface area contributed by atoms with Crippen LogP contribution in [0.5, 0.6) is 0 Å². The van der Waals surface area contributed by atoms with E-state index in [9.17, 15) is 0 Å². The topological polar surface area (TPSA) is 8.81 Å². The van der Waals surface area contributed by atoms with Crippen molar-refractivity contribution < 1.29 is 6.05 Å². The molecule has 2 nitrogen and oxygen atoms in total. The summed E-state index contributed by atoms with van der Waals surface area (Å²) in [6.07, 6.45) is 2.22. The smallest absolute Gasteiger partial charge is 0.127 e. The summed E-state index contributed by atoms with van der Waals surface area (Å²) in [6.45, 7) is 4.53. The van der Waals surface area contributed by atoms with Crippen molar-refractivity contribution in [3.63, 3.8) is 0 Å². The first-order chi connectivity index (χ1) is 13.6. The molecule has 1 aromatic heterocycles. The molecule has 0 saturated heterocycles. The Hall–Kier alpha value is -3.13. The third kappa shape index (κ3) is 3.19. The molecule has 4 rings (SSSR count). The number of aromatic nitrogens is 2. The third-order valence-electron chi connectivity index (χ3n) is 5.01. The minimum absolute atomic E-state index is 0.289. The molecule has 0 atom stereocenters. The van der Waals surface area contributed by atoms with Crippen LogP contribution in [-0.2, 0) is 7.05 Å². The second kappa shape index (κ2) is 6.88. The van der Waals surface area contributed by atoms with Crippen LogP contribution < -0.4 is 4.68 Å². The zero-order valence-electron chi connectivity index (χ0n) is 17.1. The zero-order chi connectivity index (χ0) is 19.7. The van der Waals surface area contributed by atoms with E-state index in [0.717, 1.165) is 16.8 Å². The van der Waals surface area contributed by atoms with Crippen molar-refractivity contribution in [2.45, 2.75) is 20.7 Å². The number of benzene rings is 3. The predicted octanol–water partition coefficient (Wildman–Crippen LogP) is 5.56. The molecule has 134 valence electrons. The van der Waals surface area contributed by atoms with E-state index in [2.05, 4.69) is 103 Å². The standard InChI is InChI=1S/C25H25N2/c1-18-14-19(2)16-22(15-18)25-23(21-11-6-5-7-12-21)17-27(26(25)4)24-13-9-8-10-20(24)3/h5-17H,1-4H3/q+1/i1D. The van der Waals surface area contributed by atoms with Gasteiger partial charge in [0.1, 0.15) is 5.69 Å². The first-order valence-corrected chi connectivity index (χ1v) is 9.21. The van der Waals surface area contributed by atoms with Gasteiger partial charge in [-0.2, -0.15) is 0 Å². The van der Waals surface area contributed by atoms with Crippen molar-refractivity contribution in [3.05, 3.63) is 95.7 Å². The van der Waals surface area contributed by atoms with Crippen LogP contribution in [0.25, 0.3) is 28.1 Å². The summed E-state index contributed by atoms with van der Waals surface area (Å²) in [6, 6.07) is 25.4. The number of para-hydroxylation sites is 1. The first-order valence-electron chi connectivity index (χ1n) is 9.92. The van der Waals surface area contributed by atoms with Gasteiger partial charge in [-0.3, -0.25) is 0 Å². The normalized spacial score (nSPS) is 11.4. The summed E-state index contributed by atoms with van der Waals surface area (Å²) in [5, 5.41) is 0. The zero-order valence-corrected chi connectivity index (χ0v) is 16.1. The summed E-state index contributed by atoms with van der Waals surface area (Å²) < 4.78 is 12.3. The first kappa shape index (κ1) is 16.1. The van der Waals surface area contributed by atoms with Gasteiger partial charge >= 0.3 is 0 Å². The maximum absolute atomic E-state index is 7.83. The fourth-order valence-corrected chi connectivity index (χ4v) is 3.77. The summed E-state index contributed by atoms with van der Waals surface area (Å²) in [7, 11) is 2.11. The van der Waals surface area contributed by atoms with Gasteiger partial charge in [-0.05, 0) is 50.1 Å². The molecule has 0 amide bonds. The fraction of sp³-hybridized carbons (Fsp3) is 0.160. The van der Waals surface area contributed by atoms with Crippen LogP contribution in [0.4, 0.5) is 0 Å². The summed E-state index contributed by atoms with van der Waals surface area (Å²) in [4.78, 5) is 0. The van der Waals surface area contributed by atoms with Gasteiger partial charge in [-0.1, -0.05) is 65.7 Å². The molecular weight excluding hydrogens is 328 g/mol. The van der Waals surface area contributed by atoms with Crippen LogP contribution in [0.3, 0.4) is 0 Å². The molecule has 4 aromatic rings. The Morgan fingerprint density at radius 2 is 1.52 bits per heavy atom. The Morgan fingerprint density at radius 1 is 0.815 bits per heavy atom. The van der Waals surface area contributed by atoms with Gasteiger partial charge in [0.15, 0.2) is 7.05 Å². The van der Waals surface area contributed by atoms with Crippen LogP contribution in [0, 0.1) is 20.7 Å². The van der Waals surface area contributed by atoms with Gasteiger partial charge in [0, 0.05) is 6.93 Å². The molecule has 2 heteroatoms. The van der Waals surface area contributed by atoms with Crippen LogP contribution in [0.2, 0.25) is 0 Å². The van der Waals surface area contributed by atoms with Crippen molar-refractivity contribution in [1.82, 2.24) is 4.68 Å². The Balaban J connectivity index is 2.02. The van der Waals surface area contributed by atoms with Crippen LogP contribution in [0.1, 0.15) is 18.1 Å². The van der Waals surface area contributed by atoms with Crippen molar-refractivity contribution in [2.24, 2.45) is 7.05 Å². The van der Waals surface area contributed by atoms with Gasteiger partial charge < -0.3 is 0 Å². The minimum atomic E-state index is 0.289. The van der Waals surface area contributed by atoms with Gasteiger partial charge in [0.25, 0.3) is 0 Å². The largest absolute Gasteiger partial charge is 0.246 e. The summed E-state index contributed by atoms with van der Waals surface area (Å²) in [5.74, 6) is 0. The SMILES string of the molecule is [2H]Cc1cc(C)cc(-c2c(-c3ccccc3)cn(-c3ccccc3C)[n+]2C)c1. The Bertz CT molecular complexity index is 1130. The fourth-order valence-electron chi connectivity index (χ4n) is 3.77. The van der Waals surface area contributed by atoms with E-state index in [1.807, 2.05) is 6.07 Å². The molecule has 0 radical (unpaired) electrons. The average Bonchev–Trinajstić information content (AvgIpc) is 3.05. The van der Waals surface area contributed by atoms with Gasteiger partial charge in [0.05, 0.1) is 11.8 Å². The molecule has 0 fully saturated rings. The average molecular weight is 354 g/mol. The number of hydrogen-bond donors (Lipinski definition) is 0. The molecular formula is C25H25N2+. The van der Waals surface area contributed by atoms with Crippen LogP contribution >= 0.6 is 0 Å². The lowest BCUT2D eigenvalue weighted by Gasteiger charge is -2.06. The van der Waals surface area contributed by atoms with Crippen molar-refractivity contribution >= 4 is 0 Å². The quantitative estimate of drug-likeness (QED) is 0.426. The maximum atomic E-state index is 7.83. The Kier molecular flexibility index (Phi) is 4.10. The molecule has 0 spiro atoms. The molecule has 1 heterocycles. The minimum Gasteiger partial charge on any atom is -0.127 e. The molecule has 27 heavy (non-hydrogen) atoms. The summed E-state index contributed by atoms with van der Waals surface area (Å²) >= 11 is 0. The highest BCUT2D eigenvalue weighted by atomic mass is 15.4. The highest BCUT2D eigenvalue weighted by Gasteiger charge is 2.25. The van der Waals surface area contributed by atoms with E-state index in [-0.39, 0.29) is 6.90 Å². The molecule has 0 aliphatic heterocycles. The second-order valence-electron chi connectivity index (χ2n) is 7.12. The van der Waals surface area contributed by atoms with Crippen molar-refractivity contribution in [1.29, 1.82) is 0 Å². The molecule has 0 aliphatic carbocycles. The molecule has 0 bridgehead atoms. The van der Waals surface area contributed by atoms with Gasteiger partial charge in [-0.25, -0.2) is 0 Å². The number of aryl methyl sites for hydroxylation is 3. The maximum Gasteiger partial charge on any atom is 0.246 e. The van der Waals surface area contributed by atoms with E-state index in [4.69, 9.17) is 1.37 Å². The monoisotopic (exact) mass is 354 g/mol. The lowest BCUT2D eigenvalue weighted by molar-refractivity contribution is -0.734. The van der Waals surface area contributed by atoms with Crippen LogP contribution in [0.15, 0.2) is 79.0 Å². The highest BCUT2D eigenvalue weighted by molar-refractivity contribution is 5.79. The number of hydrogen-bond acceptors (Lipinski definition) is 0. The lowest BCUT2D eigenvalue weighted by atomic mass is 9.99. The van der Waals surface area contributed by atoms with E-state index < -0.39 is 0 Å². The predicted molar refractivity (Wildman–Crippen MR) is 112 cm³/mol. The molecule has 0 aliphatic rings. The number of rotatable bonds is 3. The van der Waals surface area contributed by atoms with E-state index in [0.29, 0.717) is 0 Å². The Morgan fingerprint density at radius 3 is 2.26 bits per heavy atom. The molecule has 0 N–H and O–H groups in total. The van der Waals surface area contributed by atoms with Crippen molar-refractivity contribution in [2.75, 3.05) is 0 Å². The summed E-state index contributed by atoms with van der Waals surface area (Å²) in [5.41, 5.74) is 9.31. The van der Waals surface area contributed by atoms with E-state index in [1.54, 1.807) is 0 Å². The van der Waals surface area contributed by atoms with Gasteiger partial charge in [-0.15, -0.1) is 9.36 Å².